The summed E-state index contributed by atoms with van der Waals surface area (Å²) in [5.41, 5.74) is 0.187. The van der Waals surface area contributed by atoms with Gasteiger partial charge in [-0.25, -0.2) is 19.9 Å². The second-order valence-electron chi connectivity index (χ2n) is 6.63. The van der Waals surface area contributed by atoms with Crippen LogP contribution in [0.5, 0.6) is 0 Å². The first kappa shape index (κ1) is 21.9. The largest absolute Gasteiger partial charge is 0.335 e. The number of carbonyl (C=O) groups is 1. The highest BCUT2D eigenvalue weighted by Crippen LogP contribution is 2.32. The van der Waals surface area contributed by atoms with E-state index >= 15 is 0 Å². The van der Waals surface area contributed by atoms with E-state index in [0.29, 0.717) is 0 Å². The molecule has 0 saturated carbocycles. The zero-order valence-corrected chi connectivity index (χ0v) is 18.8. The molecule has 0 N–H and O–H groups in total. The molecule has 4 aromatic rings. The summed E-state index contributed by atoms with van der Waals surface area (Å²) in [5, 5.41) is -1.11. The van der Waals surface area contributed by atoms with Crippen LogP contribution in [0.1, 0.15) is 15.9 Å². The maximum Gasteiger partial charge on any atom is 0.315 e. The van der Waals surface area contributed by atoms with Gasteiger partial charge in [0.2, 0.25) is 0 Å². The van der Waals surface area contributed by atoms with Crippen molar-refractivity contribution >= 4 is 48.1 Å². The van der Waals surface area contributed by atoms with Crippen molar-refractivity contribution in [2.45, 2.75) is 10.1 Å². The summed E-state index contributed by atoms with van der Waals surface area (Å²) in [6, 6.07) is 0. The highest BCUT2D eigenvalue weighted by Gasteiger charge is 2.31. The van der Waals surface area contributed by atoms with Crippen LogP contribution in [-0.4, -0.2) is 65.9 Å². The highest BCUT2D eigenvalue weighted by atomic mass is 32.2. The van der Waals surface area contributed by atoms with Gasteiger partial charge in [-0.2, -0.15) is 16.8 Å². The summed E-state index contributed by atoms with van der Waals surface area (Å²) in [7, 11) is -3.49. The molecule has 0 amide bonds. The minimum absolute atomic E-state index is 0.0631. The Hall–Kier alpha value is -3.27. The third-order valence-electron chi connectivity index (χ3n) is 4.84. The second-order valence-corrected chi connectivity index (χ2v) is 9.89. The SMILES string of the molecule is COS(=O)(=O)c1ncnc2c1c(C(=O)c1cn(C)c3ncnc(S(=O)(=O)OC)c13)cn2C. The Kier molecular flexibility index (Phi) is 5.08. The molecule has 0 fully saturated rings. The topological polar surface area (TPSA) is 165 Å². The van der Waals surface area contributed by atoms with Crippen LogP contribution in [0, 0.1) is 0 Å². The van der Waals surface area contributed by atoms with Crippen LogP contribution in [0.4, 0.5) is 0 Å². The molecular weight excluding hydrogens is 464 g/mol. The molecule has 4 rings (SSSR count). The number of aromatic nitrogens is 6. The van der Waals surface area contributed by atoms with Gasteiger partial charge in [-0.05, 0) is 0 Å². The average molecular weight is 480 g/mol. The standard InChI is InChI=1S/C17H16N6O7S2/c1-22-5-9(11-14(22)18-7-20-16(11)31(25,26)29-3)13(24)10-6-23(2)15-12(10)17(21-8-19-15)32(27,28)30-4/h5-8H,1-4H3. The zero-order chi connectivity index (χ0) is 23.4. The summed E-state index contributed by atoms with van der Waals surface area (Å²) < 4.78 is 61.7. The van der Waals surface area contributed by atoms with Gasteiger partial charge in [-0.1, -0.05) is 0 Å². The molecule has 15 heteroatoms. The van der Waals surface area contributed by atoms with Crippen LogP contribution < -0.4 is 0 Å². The number of fused-ring (bicyclic) bond motifs is 2. The van der Waals surface area contributed by atoms with E-state index < -0.39 is 36.1 Å². The number of rotatable bonds is 6. The smallest absolute Gasteiger partial charge is 0.315 e. The van der Waals surface area contributed by atoms with Crippen LogP contribution in [0.25, 0.3) is 22.1 Å². The van der Waals surface area contributed by atoms with Gasteiger partial charge in [-0.15, -0.1) is 0 Å². The van der Waals surface area contributed by atoms with Crippen molar-refractivity contribution in [2.24, 2.45) is 14.1 Å². The van der Waals surface area contributed by atoms with Gasteiger partial charge < -0.3 is 9.13 Å². The maximum absolute atomic E-state index is 13.6. The minimum Gasteiger partial charge on any atom is -0.335 e. The lowest BCUT2D eigenvalue weighted by molar-refractivity contribution is 0.104. The first-order valence-corrected chi connectivity index (χ1v) is 11.6. The van der Waals surface area contributed by atoms with Crippen molar-refractivity contribution in [1.82, 2.24) is 29.1 Å². The van der Waals surface area contributed by atoms with Crippen LogP contribution >= 0.6 is 0 Å². The third-order valence-corrected chi connectivity index (χ3v) is 7.28. The number of nitrogens with zero attached hydrogens (tertiary/aromatic N) is 6. The maximum atomic E-state index is 13.6. The van der Waals surface area contributed by atoms with Crippen LogP contribution in [0.15, 0.2) is 35.1 Å². The van der Waals surface area contributed by atoms with Crippen molar-refractivity contribution in [3.05, 3.63) is 36.2 Å². The van der Waals surface area contributed by atoms with Crippen molar-refractivity contribution in [3.63, 3.8) is 0 Å². The Bertz CT molecular complexity index is 1500. The van der Waals surface area contributed by atoms with Gasteiger partial charge in [0.25, 0.3) is 0 Å². The van der Waals surface area contributed by atoms with Gasteiger partial charge in [0.15, 0.2) is 15.8 Å². The number of aryl methyl sites for hydroxylation is 2. The molecule has 0 aliphatic heterocycles. The van der Waals surface area contributed by atoms with E-state index in [0.717, 1.165) is 26.9 Å². The van der Waals surface area contributed by atoms with E-state index in [1.54, 1.807) is 14.1 Å². The van der Waals surface area contributed by atoms with Crippen molar-refractivity contribution in [2.75, 3.05) is 14.2 Å². The summed E-state index contributed by atoms with van der Waals surface area (Å²) in [6.07, 6.45) is 4.84. The average Bonchev–Trinajstić information content (AvgIpc) is 3.30. The van der Waals surface area contributed by atoms with Gasteiger partial charge in [-0.3, -0.25) is 13.2 Å². The summed E-state index contributed by atoms with van der Waals surface area (Å²) in [6.45, 7) is 0. The number of hydrogen-bond donors (Lipinski definition) is 0. The van der Waals surface area contributed by atoms with E-state index in [9.17, 15) is 21.6 Å². The Morgan fingerprint density at radius 1 is 0.750 bits per heavy atom. The molecular formula is C17H16N6O7S2. The molecule has 168 valence electrons. The Balaban J connectivity index is 2.08. The van der Waals surface area contributed by atoms with Crippen molar-refractivity contribution < 1.29 is 30.0 Å². The summed E-state index contributed by atoms with van der Waals surface area (Å²) in [4.78, 5) is 29.3. The van der Waals surface area contributed by atoms with Crippen LogP contribution in [0.3, 0.4) is 0 Å². The third kappa shape index (κ3) is 3.17. The molecule has 0 aliphatic carbocycles. The molecule has 0 saturated heterocycles. The molecule has 4 heterocycles. The molecule has 0 aromatic carbocycles. The number of hydrogen-bond acceptors (Lipinski definition) is 11. The van der Waals surface area contributed by atoms with Crippen molar-refractivity contribution in [3.8, 4) is 0 Å². The second kappa shape index (κ2) is 7.40. The number of ketones is 1. The molecule has 32 heavy (non-hydrogen) atoms. The van der Waals surface area contributed by atoms with Crippen LogP contribution in [0.2, 0.25) is 0 Å². The summed E-state index contributed by atoms with van der Waals surface area (Å²) >= 11 is 0. The molecule has 0 atom stereocenters. The predicted molar refractivity (Wildman–Crippen MR) is 109 cm³/mol. The fourth-order valence-electron chi connectivity index (χ4n) is 3.39. The van der Waals surface area contributed by atoms with Gasteiger partial charge >= 0.3 is 20.2 Å². The Morgan fingerprint density at radius 2 is 1.12 bits per heavy atom. The molecule has 0 bridgehead atoms. The predicted octanol–water partition coefficient (Wildman–Crippen LogP) is 0.151. The van der Waals surface area contributed by atoms with E-state index in [1.165, 1.54) is 21.5 Å². The van der Waals surface area contributed by atoms with E-state index in [1.807, 2.05) is 0 Å². The lowest BCUT2D eigenvalue weighted by Gasteiger charge is -2.05. The number of carbonyl (C=O) groups excluding carboxylic acids is 1. The lowest BCUT2D eigenvalue weighted by atomic mass is 10.0. The Morgan fingerprint density at radius 3 is 1.47 bits per heavy atom. The van der Waals surface area contributed by atoms with Crippen LogP contribution in [-0.2, 0) is 42.7 Å². The Labute approximate surface area is 181 Å². The van der Waals surface area contributed by atoms with Gasteiger partial charge in [0.1, 0.15) is 23.9 Å². The highest BCUT2D eigenvalue weighted by molar-refractivity contribution is 7.87. The quantitative estimate of drug-likeness (QED) is 0.209. The van der Waals surface area contributed by atoms with Crippen molar-refractivity contribution in [1.29, 1.82) is 0 Å². The fourth-order valence-corrected chi connectivity index (χ4v) is 4.96. The molecule has 0 spiro atoms. The van der Waals surface area contributed by atoms with Gasteiger partial charge in [0, 0.05) is 26.5 Å². The monoisotopic (exact) mass is 480 g/mol. The molecule has 13 nitrogen and oxygen atoms in total. The fraction of sp³-hybridized carbons (Fsp3) is 0.235. The van der Waals surface area contributed by atoms with E-state index in [-0.39, 0.29) is 33.2 Å². The molecule has 0 aliphatic rings. The molecule has 0 unspecified atom stereocenters. The normalized spacial score (nSPS) is 12.6. The molecule has 4 aromatic heterocycles. The minimum atomic E-state index is -4.28. The van der Waals surface area contributed by atoms with E-state index in [2.05, 4.69) is 28.3 Å². The van der Waals surface area contributed by atoms with E-state index in [4.69, 9.17) is 0 Å². The lowest BCUT2D eigenvalue weighted by Crippen LogP contribution is -2.10. The first-order valence-electron chi connectivity index (χ1n) is 8.79. The first-order chi connectivity index (χ1) is 15.0. The summed E-state index contributed by atoms with van der Waals surface area (Å²) in [5.74, 6) is -0.689. The molecule has 0 radical (unpaired) electrons. The van der Waals surface area contributed by atoms with Gasteiger partial charge in [0.05, 0.1) is 36.1 Å². The zero-order valence-electron chi connectivity index (χ0n) is 17.2.